The first-order chi connectivity index (χ1) is 13.1. The number of nitrogens with one attached hydrogen (secondary N) is 2. The predicted molar refractivity (Wildman–Crippen MR) is 104 cm³/mol. The van der Waals surface area contributed by atoms with Gasteiger partial charge in [0, 0.05) is 12.5 Å². The third kappa shape index (κ3) is 4.93. The van der Waals surface area contributed by atoms with E-state index < -0.39 is 6.10 Å². The van der Waals surface area contributed by atoms with Crippen molar-refractivity contribution in [3.05, 3.63) is 47.3 Å². The lowest BCUT2D eigenvalue weighted by molar-refractivity contribution is 0.0940. The van der Waals surface area contributed by atoms with Gasteiger partial charge < -0.3 is 15.7 Å². The first-order valence-electron chi connectivity index (χ1n) is 9.70. The summed E-state index contributed by atoms with van der Waals surface area (Å²) in [6, 6.07) is 10.3. The summed E-state index contributed by atoms with van der Waals surface area (Å²) in [5.41, 5.74) is 2.30. The Kier molecular flexibility index (Phi) is 6.58. The maximum atomic E-state index is 12.7. The van der Waals surface area contributed by atoms with E-state index in [1.165, 1.54) is 0 Å². The van der Waals surface area contributed by atoms with Gasteiger partial charge in [-0.3, -0.25) is 4.79 Å². The van der Waals surface area contributed by atoms with Gasteiger partial charge in [0.25, 0.3) is 5.91 Å². The van der Waals surface area contributed by atoms with Crippen LogP contribution in [0.4, 0.5) is 0 Å². The molecular formula is C20H29N5O2. The number of carbonyl (C=O) groups is 1. The first kappa shape index (κ1) is 19.5. The summed E-state index contributed by atoms with van der Waals surface area (Å²) in [6.45, 7) is 6.05. The second-order valence-electron chi connectivity index (χ2n) is 7.35. The minimum atomic E-state index is -0.436. The van der Waals surface area contributed by atoms with Crippen molar-refractivity contribution in [3.63, 3.8) is 0 Å². The number of benzene rings is 1. The van der Waals surface area contributed by atoms with Crippen LogP contribution in [-0.4, -0.2) is 51.7 Å². The summed E-state index contributed by atoms with van der Waals surface area (Å²) in [6.07, 6.45) is 2.14. The van der Waals surface area contributed by atoms with Gasteiger partial charge in [-0.1, -0.05) is 35.5 Å². The number of aliphatic hydroxyl groups excluding tert-OH is 1. The number of hydrogen-bond acceptors (Lipinski definition) is 5. The highest BCUT2D eigenvalue weighted by Gasteiger charge is 2.23. The Bertz CT molecular complexity index is 738. The fraction of sp³-hybridized carbons (Fsp3) is 0.550. The summed E-state index contributed by atoms with van der Waals surface area (Å²) in [5.74, 6) is -0.158. The maximum absolute atomic E-state index is 12.7. The maximum Gasteiger partial charge on any atom is 0.273 e. The third-order valence-electron chi connectivity index (χ3n) is 5.20. The van der Waals surface area contributed by atoms with Crippen molar-refractivity contribution in [2.75, 3.05) is 19.6 Å². The summed E-state index contributed by atoms with van der Waals surface area (Å²) in [5, 5.41) is 24.5. The van der Waals surface area contributed by atoms with Crippen molar-refractivity contribution >= 4 is 5.91 Å². The van der Waals surface area contributed by atoms with Crippen LogP contribution in [0, 0.1) is 6.92 Å². The van der Waals surface area contributed by atoms with Gasteiger partial charge in [0.2, 0.25) is 0 Å². The molecule has 146 valence electrons. The highest BCUT2D eigenvalue weighted by molar-refractivity contribution is 5.93. The Morgan fingerprint density at radius 1 is 1.33 bits per heavy atom. The Labute approximate surface area is 160 Å². The zero-order valence-corrected chi connectivity index (χ0v) is 16.1. The van der Waals surface area contributed by atoms with Crippen LogP contribution in [0.15, 0.2) is 30.3 Å². The van der Waals surface area contributed by atoms with Crippen molar-refractivity contribution in [2.24, 2.45) is 0 Å². The lowest BCUT2D eigenvalue weighted by Gasteiger charge is -2.23. The Morgan fingerprint density at radius 2 is 2.04 bits per heavy atom. The molecule has 1 aliphatic rings. The van der Waals surface area contributed by atoms with Gasteiger partial charge in [0.15, 0.2) is 5.69 Å². The Morgan fingerprint density at radius 3 is 2.70 bits per heavy atom. The van der Waals surface area contributed by atoms with E-state index in [9.17, 15) is 9.90 Å². The topological polar surface area (TPSA) is 92.1 Å². The molecule has 1 aromatic heterocycles. The number of aromatic nitrogens is 3. The lowest BCUT2D eigenvalue weighted by Crippen LogP contribution is -2.31. The second kappa shape index (κ2) is 9.10. The Hall–Kier alpha value is -2.25. The molecule has 1 amide bonds. The molecule has 0 aliphatic carbocycles. The van der Waals surface area contributed by atoms with E-state index in [2.05, 4.69) is 20.9 Å². The monoisotopic (exact) mass is 371 g/mol. The van der Waals surface area contributed by atoms with Gasteiger partial charge in [-0.2, -0.15) is 0 Å². The molecule has 2 unspecified atom stereocenters. The standard InChI is InChI=1S/C20H29N5O2/c1-14(26)12-17(16-6-4-3-5-7-16)13-22-20(27)19-15(2)25(24-23-19)18-8-10-21-11-9-18/h3-7,14,17-18,21,26H,8-13H2,1-2H3,(H,22,27). The molecule has 7 heteroatoms. The minimum absolute atomic E-state index is 0.0509. The highest BCUT2D eigenvalue weighted by Crippen LogP contribution is 2.22. The quantitative estimate of drug-likeness (QED) is 0.690. The highest BCUT2D eigenvalue weighted by atomic mass is 16.3. The molecule has 3 rings (SSSR count). The van der Waals surface area contributed by atoms with Crippen molar-refractivity contribution in [1.82, 2.24) is 25.6 Å². The molecule has 1 fully saturated rings. The molecule has 7 nitrogen and oxygen atoms in total. The van der Waals surface area contributed by atoms with E-state index in [1.54, 1.807) is 6.92 Å². The summed E-state index contributed by atoms with van der Waals surface area (Å²) in [7, 11) is 0. The average Bonchev–Trinajstić information content (AvgIpc) is 3.07. The SMILES string of the molecule is Cc1c(C(=O)NCC(CC(C)O)c2ccccc2)nnn1C1CCNCC1. The predicted octanol–water partition coefficient (Wildman–Crippen LogP) is 1.80. The van der Waals surface area contributed by atoms with Gasteiger partial charge in [-0.05, 0) is 51.8 Å². The molecule has 0 saturated carbocycles. The number of aliphatic hydroxyl groups is 1. The molecule has 2 atom stereocenters. The molecule has 0 radical (unpaired) electrons. The van der Waals surface area contributed by atoms with Crippen molar-refractivity contribution in [3.8, 4) is 0 Å². The number of nitrogens with zero attached hydrogens (tertiary/aromatic N) is 3. The summed E-state index contributed by atoms with van der Waals surface area (Å²) < 4.78 is 1.89. The normalized spacial score (nSPS) is 17.4. The van der Waals surface area contributed by atoms with Crippen molar-refractivity contribution in [2.45, 2.75) is 51.2 Å². The lowest BCUT2D eigenvalue weighted by atomic mass is 9.93. The van der Waals surface area contributed by atoms with Gasteiger partial charge in [-0.15, -0.1) is 5.10 Å². The van der Waals surface area contributed by atoms with Crippen molar-refractivity contribution < 1.29 is 9.90 Å². The smallest absolute Gasteiger partial charge is 0.273 e. The van der Waals surface area contributed by atoms with E-state index >= 15 is 0 Å². The van der Waals surface area contributed by atoms with E-state index in [-0.39, 0.29) is 11.8 Å². The number of piperidine rings is 1. The number of hydrogen-bond donors (Lipinski definition) is 3. The van der Waals surface area contributed by atoms with Gasteiger partial charge >= 0.3 is 0 Å². The van der Waals surface area contributed by atoms with Gasteiger partial charge in [0.05, 0.1) is 17.8 Å². The van der Waals surface area contributed by atoms with Crippen LogP contribution in [-0.2, 0) is 0 Å². The molecule has 1 aromatic carbocycles. The molecule has 3 N–H and O–H groups in total. The molecule has 1 saturated heterocycles. The molecule has 2 aromatic rings. The fourth-order valence-electron chi connectivity index (χ4n) is 3.72. The zero-order chi connectivity index (χ0) is 19.2. The van der Waals surface area contributed by atoms with E-state index in [1.807, 2.05) is 41.9 Å². The minimum Gasteiger partial charge on any atom is -0.393 e. The van der Waals surface area contributed by atoms with Crippen LogP contribution < -0.4 is 10.6 Å². The van der Waals surface area contributed by atoms with Crippen LogP contribution in [0.5, 0.6) is 0 Å². The largest absolute Gasteiger partial charge is 0.393 e. The van der Waals surface area contributed by atoms with Crippen LogP contribution >= 0.6 is 0 Å². The van der Waals surface area contributed by atoms with Crippen LogP contribution in [0.1, 0.15) is 59.9 Å². The van der Waals surface area contributed by atoms with E-state index in [0.717, 1.165) is 37.2 Å². The van der Waals surface area contributed by atoms with Crippen LogP contribution in [0.2, 0.25) is 0 Å². The first-order valence-corrected chi connectivity index (χ1v) is 9.70. The van der Waals surface area contributed by atoms with Gasteiger partial charge in [0.1, 0.15) is 0 Å². The second-order valence-corrected chi connectivity index (χ2v) is 7.35. The molecule has 2 heterocycles. The van der Waals surface area contributed by atoms with E-state index in [4.69, 9.17) is 0 Å². The van der Waals surface area contributed by atoms with E-state index in [0.29, 0.717) is 24.7 Å². The average molecular weight is 371 g/mol. The zero-order valence-electron chi connectivity index (χ0n) is 16.1. The molecule has 0 spiro atoms. The molecule has 1 aliphatic heterocycles. The molecule has 27 heavy (non-hydrogen) atoms. The summed E-state index contributed by atoms with van der Waals surface area (Å²) in [4.78, 5) is 12.7. The van der Waals surface area contributed by atoms with Crippen LogP contribution in [0.3, 0.4) is 0 Å². The van der Waals surface area contributed by atoms with Gasteiger partial charge in [-0.25, -0.2) is 4.68 Å². The number of amides is 1. The number of carbonyl (C=O) groups excluding carboxylic acids is 1. The van der Waals surface area contributed by atoms with Crippen LogP contribution in [0.25, 0.3) is 0 Å². The Balaban J connectivity index is 1.66. The fourth-order valence-corrected chi connectivity index (χ4v) is 3.72. The molecule has 0 bridgehead atoms. The summed E-state index contributed by atoms with van der Waals surface area (Å²) >= 11 is 0. The van der Waals surface area contributed by atoms with Crippen molar-refractivity contribution in [1.29, 1.82) is 0 Å². The molecular weight excluding hydrogens is 342 g/mol. The third-order valence-corrected chi connectivity index (χ3v) is 5.20. The number of rotatable bonds is 7.